The van der Waals surface area contributed by atoms with Crippen molar-refractivity contribution in [1.82, 2.24) is 9.80 Å². The molecule has 2 rings (SSSR count). The van der Waals surface area contributed by atoms with E-state index in [9.17, 15) is 9.59 Å². The molecule has 2 saturated heterocycles. The Labute approximate surface area is 121 Å². The second-order valence-corrected chi connectivity index (χ2v) is 6.21. The summed E-state index contributed by atoms with van der Waals surface area (Å²) < 4.78 is 0. The third-order valence-corrected chi connectivity index (χ3v) is 4.70. The van der Waals surface area contributed by atoms with E-state index >= 15 is 0 Å². The average Bonchev–Trinajstić information content (AvgIpc) is 2.87. The van der Waals surface area contributed by atoms with Gasteiger partial charge < -0.3 is 15.5 Å². The molecule has 0 aromatic heterocycles. The summed E-state index contributed by atoms with van der Waals surface area (Å²) >= 11 is 0. The molecule has 0 bridgehead atoms. The van der Waals surface area contributed by atoms with Crippen LogP contribution in [-0.2, 0) is 9.59 Å². The highest BCUT2D eigenvalue weighted by molar-refractivity contribution is 5.81. The highest BCUT2D eigenvalue weighted by atomic mass is 16.2. The summed E-state index contributed by atoms with van der Waals surface area (Å²) in [6.45, 7) is 6.82. The molecule has 0 aromatic carbocycles. The first-order valence-electron chi connectivity index (χ1n) is 7.85. The molecule has 5 heteroatoms. The quantitative estimate of drug-likeness (QED) is 0.833. The van der Waals surface area contributed by atoms with Crippen molar-refractivity contribution in [2.45, 2.75) is 45.6 Å². The SMILES string of the molecule is CCC(=O)N1CCCC(C(=O)N2CC(CN)CC2C)C1. The highest BCUT2D eigenvalue weighted by Crippen LogP contribution is 2.27. The Bertz CT molecular complexity index is 372. The van der Waals surface area contributed by atoms with E-state index in [-0.39, 0.29) is 23.8 Å². The number of carbonyl (C=O) groups excluding carboxylic acids is 2. The molecule has 0 radical (unpaired) electrons. The first-order chi connectivity index (χ1) is 9.56. The fourth-order valence-corrected chi connectivity index (χ4v) is 3.48. The molecule has 114 valence electrons. The third-order valence-electron chi connectivity index (χ3n) is 4.70. The zero-order valence-corrected chi connectivity index (χ0v) is 12.7. The minimum atomic E-state index is -0.0155. The minimum absolute atomic E-state index is 0.0155. The van der Waals surface area contributed by atoms with Crippen LogP contribution in [0, 0.1) is 11.8 Å². The Balaban J connectivity index is 1.97. The molecule has 0 saturated carbocycles. The van der Waals surface area contributed by atoms with Gasteiger partial charge in [-0.3, -0.25) is 9.59 Å². The number of nitrogens with zero attached hydrogens (tertiary/aromatic N) is 2. The average molecular weight is 281 g/mol. The van der Waals surface area contributed by atoms with Crippen LogP contribution in [0.1, 0.15) is 39.5 Å². The summed E-state index contributed by atoms with van der Waals surface area (Å²) in [5.41, 5.74) is 5.73. The number of rotatable bonds is 3. The molecule has 0 aliphatic carbocycles. The summed E-state index contributed by atoms with van der Waals surface area (Å²) in [6.07, 6.45) is 3.37. The first kappa shape index (κ1) is 15.3. The monoisotopic (exact) mass is 281 g/mol. The summed E-state index contributed by atoms with van der Waals surface area (Å²) in [4.78, 5) is 28.3. The van der Waals surface area contributed by atoms with Gasteiger partial charge in [0.05, 0.1) is 5.92 Å². The molecule has 2 heterocycles. The van der Waals surface area contributed by atoms with E-state index in [0.717, 1.165) is 32.4 Å². The second-order valence-electron chi connectivity index (χ2n) is 6.21. The predicted molar refractivity (Wildman–Crippen MR) is 77.9 cm³/mol. The lowest BCUT2D eigenvalue weighted by Crippen LogP contribution is -2.47. The molecule has 0 aromatic rings. The first-order valence-corrected chi connectivity index (χ1v) is 7.85. The maximum atomic E-state index is 12.7. The molecule has 5 nitrogen and oxygen atoms in total. The molecule has 0 spiro atoms. The van der Waals surface area contributed by atoms with E-state index in [2.05, 4.69) is 6.92 Å². The van der Waals surface area contributed by atoms with Crippen LogP contribution < -0.4 is 5.73 Å². The van der Waals surface area contributed by atoms with E-state index in [1.807, 2.05) is 16.7 Å². The van der Waals surface area contributed by atoms with Crippen molar-refractivity contribution >= 4 is 11.8 Å². The third kappa shape index (κ3) is 3.14. The summed E-state index contributed by atoms with van der Waals surface area (Å²) in [5.74, 6) is 0.808. The van der Waals surface area contributed by atoms with Crippen molar-refractivity contribution in [3.05, 3.63) is 0 Å². The van der Waals surface area contributed by atoms with Gasteiger partial charge in [0.2, 0.25) is 11.8 Å². The lowest BCUT2D eigenvalue weighted by atomic mass is 9.96. The summed E-state index contributed by atoms with van der Waals surface area (Å²) in [6, 6.07) is 0.285. The van der Waals surface area contributed by atoms with Gasteiger partial charge in [0.1, 0.15) is 0 Å². The van der Waals surface area contributed by atoms with Crippen molar-refractivity contribution in [3.8, 4) is 0 Å². The van der Waals surface area contributed by atoms with E-state index in [1.54, 1.807) is 0 Å². The molecule has 3 atom stereocenters. The zero-order chi connectivity index (χ0) is 14.7. The topological polar surface area (TPSA) is 66.6 Å². The predicted octanol–water partition coefficient (Wildman–Crippen LogP) is 0.831. The van der Waals surface area contributed by atoms with E-state index in [0.29, 0.717) is 25.4 Å². The van der Waals surface area contributed by atoms with E-state index < -0.39 is 0 Å². The number of amides is 2. The van der Waals surface area contributed by atoms with Crippen LogP contribution in [0.15, 0.2) is 0 Å². The van der Waals surface area contributed by atoms with Crippen molar-refractivity contribution < 1.29 is 9.59 Å². The van der Waals surface area contributed by atoms with Crippen LogP contribution in [0.25, 0.3) is 0 Å². The van der Waals surface area contributed by atoms with Crippen LogP contribution >= 0.6 is 0 Å². The smallest absolute Gasteiger partial charge is 0.227 e. The minimum Gasteiger partial charge on any atom is -0.342 e. The number of hydrogen-bond donors (Lipinski definition) is 1. The molecule has 2 fully saturated rings. The Morgan fingerprint density at radius 2 is 2.05 bits per heavy atom. The molecule has 2 aliphatic rings. The van der Waals surface area contributed by atoms with Crippen LogP contribution in [0.3, 0.4) is 0 Å². The van der Waals surface area contributed by atoms with Gasteiger partial charge in [-0.05, 0) is 38.6 Å². The van der Waals surface area contributed by atoms with Crippen molar-refractivity contribution in [1.29, 1.82) is 0 Å². The van der Waals surface area contributed by atoms with Crippen molar-refractivity contribution in [2.75, 3.05) is 26.2 Å². The number of piperidine rings is 1. The second kappa shape index (κ2) is 6.57. The van der Waals surface area contributed by atoms with Gasteiger partial charge >= 0.3 is 0 Å². The summed E-state index contributed by atoms with van der Waals surface area (Å²) in [5, 5.41) is 0. The number of likely N-dealkylation sites (tertiary alicyclic amines) is 2. The van der Waals surface area contributed by atoms with Gasteiger partial charge in [-0.15, -0.1) is 0 Å². The maximum absolute atomic E-state index is 12.7. The van der Waals surface area contributed by atoms with Crippen LogP contribution in [0.5, 0.6) is 0 Å². The van der Waals surface area contributed by atoms with Crippen molar-refractivity contribution in [2.24, 2.45) is 17.6 Å². The van der Waals surface area contributed by atoms with Crippen LogP contribution in [0.4, 0.5) is 0 Å². The summed E-state index contributed by atoms with van der Waals surface area (Å²) in [7, 11) is 0. The molecule has 2 N–H and O–H groups in total. The van der Waals surface area contributed by atoms with Crippen LogP contribution in [0.2, 0.25) is 0 Å². The lowest BCUT2D eigenvalue weighted by Gasteiger charge is -2.35. The Morgan fingerprint density at radius 1 is 1.30 bits per heavy atom. The van der Waals surface area contributed by atoms with Gasteiger partial charge in [0.15, 0.2) is 0 Å². The molecule has 2 aliphatic heterocycles. The Kier molecular flexibility index (Phi) is 5.02. The molecule has 3 unspecified atom stereocenters. The molecule has 20 heavy (non-hydrogen) atoms. The van der Waals surface area contributed by atoms with Gasteiger partial charge in [0, 0.05) is 32.1 Å². The number of nitrogens with two attached hydrogens (primary N) is 1. The standard InChI is InChI=1S/C15H27N3O2/c1-3-14(19)17-6-4-5-13(10-17)15(20)18-9-12(8-16)7-11(18)2/h11-13H,3-10,16H2,1-2H3. The largest absolute Gasteiger partial charge is 0.342 e. The highest BCUT2D eigenvalue weighted by Gasteiger charge is 2.37. The Hall–Kier alpha value is -1.10. The fourth-order valence-electron chi connectivity index (χ4n) is 3.48. The molecule has 2 amide bonds. The molecular formula is C15H27N3O2. The fraction of sp³-hybridized carbons (Fsp3) is 0.867. The lowest BCUT2D eigenvalue weighted by molar-refractivity contribution is -0.141. The van der Waals surface area contributed by atoms with Gasteiger partial charge in [-0.1, -0.05) is 6.92 Å². The van der Waals surface area contributed by atoms with Gasteiger partial charge in [-0.2, -0.15) is 0 Å². The van der Waals surface area contributed by atoms with Crippen molar-refractivity contribution in [3.63, 3.8) is 0 Å². The normalized spacial score (nSPS) is 30.6. The van der Waals surface area contributed by atoms with Gasteiger partial charge in [-0.25, -0.2) is 0 Å². The Morgan fingerprint density at radius 3 is 2.65 bits per heavy atom. The maximum Gasteiger partial charge on any atom is 0.227 e. The van der Waals surface area contributed by atoms with E-state index in [1.165, 1.54) is 0 Å². The van der Waals surface area contributed by atoms with Crippen LogP contribution in [-0.4, -0.2) is 53.8 Å². The number of hydrogen-bond acceptors (Lipinski definition) is 3. The zero-order valence-electron chi connectivity index (χ0n) is 12.7. The van der Waals surface area contributed by atoms with E-state index in [4.69, 9.17) is 5.73 Å². The number of carbonyl (C=O) groups is 2. The van der Waals surface area contributed by atoms with Gasteiger partial charge in [0.25, 0.3) is 0 Å². The molecular weight excluding hydrogens is 254 g/mol.